The number of benzene rings is 1. The average molecular weight is 193 g/mol. The molecule has 0 saturated heterocycles. The van der Waals surface area contributed by atoms with Crippen LogP contribution in [0.1, 0.15) is 37.8 Å². The van der Waals surface area contributed by atoms with Crippen LogP contribution in [0.4, 0.5) is 4.39 Å². The van der Waals surface area contributed by atoms with E-state index in [1.807, 2.05) is 6.07 Å². The van der Waals surface area contributed by atoms with E-state index in [-0.39, 0.29) is 11.9 Å². The summed E-state index contributed by atoms with van der Waals surface area (Å²) in [5, 5.41) is 3.49. The van der Waals surface area contributed by atoms with Crippen molar-refractivity contribution >= 4 is 0 Å². The Balaban J connectivity index is 1.98. The van der Waals surface area contributed by atoms with Gasteiger partial charge in [0, 0.05) is 12.1 Å². The number of rotatable bonds is 3. The second kappa shape index (κ2) is 4.09. The number of hydrogen-bond donors (Lipinski definition) is 1. The molecular formula is C12H16FN. The van der Waals surface area contributed by atoms with Crippen molar-refractivity contribution < 1.29 is 4.39 Å². The minimum atomic E-state index is -0.148. The molecule has 1 fully saturated rings. The molecule has 0 unspecified atom stereocenters. The minimum absolute atomic E-state index is 0.148. The molecule has 1 aromatic carbocycles. The lowest BCUT2D eigenvalue weighted by atomic mass is 9.92. The maximum Gasteiger partial charge on any atom is 0.123 e. The number of nitrogens with one attached hydrogen (secondary N) is 1. The van der Waals surface area contributed by atoms with Crippen LogP contribution in [-0.2, 0) is 0 Å². The van der Waals surface area contributed by atoms with Gasteiger partial charge in [0.25, 0.3) is 0 Å². The van der Waals surface area contributed by atoms with Crippen LogP contribution in [0.15, 0.2) is 24.3 Å². The number of halogens is 1. The van der Waals surface area contributed by atoms with Gasteiger partial charge in [-0.25, -0.2) is 4.39 Å². The van der Waals surface area contributed by atoms with Crippen molar-refractivity contribution in [3.05, 3.63) is 35.6 Å². The standard InChI is InChI=1S/C12H16FN/c1-9(14-12-6-3-7-12)10-4-2-5-11(13)8-10/h2,4-5,8-9,12,14H,3,6-7H2,1H3/t9-/m0/s1. The van der Waals surface area contributed by atoms with E-state index in [2.05, 4.69) is 12.2 Å². The summed E-state index contributed by atoms with van der Waals surface area (Å²) in [5.41, 5.74) is 1.04. The van der Waals surface area contributed by atoms with Crippen LogP contribution in [0.2, 0.25) is 0 Å². The van der Waals surface area contributed by atoms with Gasteiger partial charge in [-0.1, -0.05) is 18.6 Å². The summed E-state index contributed by atoms with van der Waals surface area (Å²) in [5.74, 6) is -0.148. The van der Waals surface area contributed by atoms with E-state index in [4.69, 9.17) is 0 Å². The number of hydrogen-bond acceptors (Lipinski definition) is 1. The monoisotopic (exact) mass is 193 g/mol. The van der Waals surface area contributed by atoms with E-state index >= 15 is 0 Å². The first kappa shape index (κ1) is 9.66. The van der Waals surface area contributed by atoms with E-state index in [0.29, 0.717) is 6.04 Å². The normalized spacial score (nSPS) is 19.0. The van der Waals surface area contributed by atoms with Gasteiger partial charge in [-0.2, -0.15) is 0 Å². The first-order valence-electron chi connectivity index (χ1n) is 5.27. The van der Waals surface area contributed by atoms with Gasteiger partial charge in [-0.05, 0) is 37.5 Å². The maximum atomic E-state index is 12.9. The Bertz CT molecular complexity index is 307. The van der Waals surface area contributed by atoms with Crippen LogP contribution in [0.25, 0.3) is 0 Å². The van der Waals surface area contributed by atoms with E-state index in [0.717, 1.165) is 5.56 Å². The van der Waals surface area contributed by atoms with Crippen molar-refractivity contribution in [2.75, 3.05) is 0 Å². The topological polar surface area (TPSA) is 12.0 Å². The van der Waals surface area contributed by atoms with Gasteiger partial charge in [0.1, 0.15) is 5.82 Å². The summed E-state index contributed by atoms with van der Waals surface area (Å²) >= 11 is 0. The van der Waals surface area contributed by atoms with Crippen molar-refractivity contribution in [1.29, 1.82) is 0 Å². The third kappa shape index (κ3) is 2.13. The van der Waals surface area contributed by atoms with Crippen LogP contribution in [-0.4, -0.2) is 6.04 Å². The predicted octanol–water partition coefficient (Wildman–Crippen LogP) is 3.03. The summed E-state index contributed by atoms with van der Waals surface area (Å²) in [7, 11) is 0. The molecule has 0 aliphatic heterocycles. The molecule has 0 bridgehead atoms. The van der Waals surface area contributed by atoms with Gasteiger partial charge in [0.05, 0.1) is 0 Å². The molecule has 2 rings (SSSR count). The highest BCUT2D eigenvalue weighted by Crippen LogP contribution is 2.22. The molecule has 1 N–H and O–H groups in total. The molecule has 2 heteroatoms. The summed E-state index contributed by atoms with van der Waals surface area (Å²) in [6, 6.07) is 7.74. The lowest BCUT2D eigenvalue weighted by Gasteiger charge is -2.30. The largest absolute Gasteiger partial charge is 0.307 e. The molecule has 1 aliphatic rings. The molecule has 0 heterocycles. The van der Waals surface area contributed by atoms with Gasteiger partial charge >= 0.3 is 0 Å². The second-order valence-electron chi connectivity index (χ2n) is 4.07. The zero-order valence-corrected chi connectivity index (χ0v) is 8.46. The van der Waals surface area contributed by atoms with Crippen molar-refractivity contribution in [1.82, 2.24) is 5.32 Å². The average Bonchev–Trinajstić information content (AvgIpc) is 2.11. The maximum absolute atomic E-state index is 12.9. The fourth-order valence-electron chi connectivity index (χ4n) is 1.80. The SMILES string of the molecule is C[C@H](NC1CCC1)c1cccc(F)c1. The Morgan fingerprint density at radius 1 is 1.43 bits per heavy atom. The first-order valence-corrected chi connectivity index (χ1v) is 5.27. The van der Waals surface area contributed by atoms with E-state index < -0.39 is 0 Å². The van der Waals surface area contributed by atoms with Gasteiger partial charge in [-0.3, -0.25) is 0 Å². The van der Waals surface area contributed by atoms with Gasteiger partial charge in [-0.15, -0.1) is 0 Å². The zero-order chi connectivity index (χ0) is 9.97. The van der Waals surface area contributed by atoms with Crippen LogP contribution >= 0.6 is 0 Å². The minimum Gasteiger partial charge on any atom is -0.307 e. The lowest BCUT2D eigenvalue weighted by Crippen LogP contribution is -2.36. The van der Waals surface area contributed by atoms with Crippen LogP contribution < -0.4 is 5.32 Å². The highest BCUT2D eigenvalue weighted by atomic mass is 19.1. The molecule has 1 aliphatic carbocycles. The van der Waals surface area contributed by atoms with Gasteiger partial charge in [0.2, 0.25) is 0 Å². The second-order valence-corrected chi connectivity index (χ2v) is 4.07. The van der Waals surface area contributed by atoms with Crippen LogP contribution in [0.5, 0.6) is 0 Å². The molecule has 76 valence electrons. The molecule has 0 radical (unpaired) electrons. The highest BCUT2D eigenvalue weighted by Gasteiger charge is 2.19. The molecule has 0 spiro atoms. The molecule has 14 heavy (non-hydrogen) atoms. The quantitative estimate of drug-likeness (QED) is 0.778. The Kier molecular flexibility index (Phi) is 2.82. The van der Waals surface area contributed by atoms with Crippen molar-refractivity contribution in [2.24, 2.45) is 0 Å². The highest BCUT2D eigenvalue weighted by molar-refractivity contribution is 5.19. The Hall–Kier alpha value is -0.890. The molecule has 0 amide bonds. The van der Waals surface area contributed by atoms with Crippen LogP contribution in [0, 0.1) is 5.82 Å². The van der Waals surface area contributed by atoms with Gasteiger partial charge in [0.15, 0.2) is 0 Å². The Labute approximate surface area is 84.3 Å². The van der Waals surface area contributed by atoms with E-state index in [1.165, 1.54) is 25.3 Å². The summed E-state index contributed by atoms with van der Waals surface area (Å²) in [6.45, 7) is 2.09. The van der Waals surface area contributed by atoms with Crippen molar-refractivity contribution in [3.8, 4) is 0 Å². The molecule has 1 atom stereocenters. The van der Waals surface area contributed by atoms with E-state index in [9.17, 15) is 4.39 Å². The fourth-order valence-corrected chi connectivity index (χ4v) is 1.80. The molecule has 0 aromatic heterocycles. The van der Waals surface area contributed by atoms with E-state index in [1.54, 1.807) is 12.1 Å². The fraction of sp³-hybridized carbons (Fsp3) is 0.500. The molecular weight excluding hydrogens is 177 g/mol. The van der Waals surface area contributed by atoms with Crippen LogP contribution in [0.3, 0.4) is 0 Å². The Morgan fingerprint density at radius 3 is 2.79 bits per heavy atom. The Morgan fingerprint density at radius 2 is 2.21 bits per heavy atom. The van der Waals surface area contributed by atoms with Gasteiger partial charge < -0.3 is 5.32 Å². The third-order valence-electron chi connectivity index (χ3n) is 2.94. The molecule has 1 nitrogen and oxygen atoms in total. The zero-order valence-electron chi connectivity index (χ0n) is 8.46. The summed E-state index contributed by atoms with van der Waals surface area (Å²) < 4.78 is 12.9. The predicted molar refractivity (Wildman–Crippen MR) is 55.6 cm³/mol. The first-order chi connectivity index (χ1) is 6.75. The smallest absolute Gasteiger partial charge is 0.123 e. The lowest BCUT2D eigenvalue weighted by molar-refractivity contribution is 0.313. The molecule has 1 saturated carbocycles. The molecule has 1 aromatic rings. The van der Waals surface area contributed by atoms with Crippen molar-refractivity contribution in [3.63, 3.8) is 0 Å². The third-order valence-corrected chi connectivity index (χ3v) is 2.94. The summed E-state index contributed by atoms with van der Waals surface area (Å²) in [4.78, 5) is 0. The summed E-state index contributed by atoms with van der Waals surface area (Å²) in [6.07, 6.45) is 3.85. The van der Waals surface area contributed by atoms with Crippen molar-refractivity contribution in [2.45, 2.75) is 38.3 Å².